The number of alkyl halides is 3. The van der Waals surface area contributed by atoms with Crippen LogP contribution in [0.5, 0.6) is 0 Å². The predicted molar refractivity (Wildman–Crippen MR) is 94.3 cm³/mol. The van der Waals surface area contributed by atoms with Gasteiger partial charge in [0.2, 0.25) is 5.91 Å². The van der Waals surface area contributed by atoms with Gasteiger partial charge in [-0.2, -0.15) is 13.2 Å². The molecule has 0 spiro atoms. The second-order valence-electron chi connectivity index (χ2n) is 6.73. The minimum atomic E-state index is -4.53. The van der Waals surface area contributed by atoms with Gasteiger partial charge >= 0.3 is 6.18 Å². The van der Waals surface area contributed by atoms with Crippen molar-refractivity contribution in [1.29, 1.82) is 0 Å². The molecular weight excluding hydrogens is 396 g/mol. The molecule has 158 valence electrons. The standard InChI is InChI=1S/C17H20F4N6O2/c1-22-15(28)11-5-9(6-23-11)13-24-7-10(18)14(26-13)27-4-2-3-12(27)16(29)25-8-17(19,20)21/h5,7,9,12,23H,2-4,6,8H2,1H3,(H,22,28)(H,25,29)/t9?,12-/m1/s1. The number of aromatic nitrogens is 2. The summed E-state index contributed by atoms with van der Waals surface area (Å²) in [6.45, 7) is -0.836. The Labute approximate surface area is 163 Å². The third-order valence-corrected chi connectivity index (χ3v) is 4.72. The minimum absolute atomic E-state index is 0.138. The summed E-state index contributed by atoms with van der Waals surface area (Å²) in [5, 5.41) is 7.23. The quantitative estimate of drug-likeness (QED) is 0.608. The number of carbonyl (C=O) groups excluding carboxylic acids is 2. The SMILES string of the molecule is CNC(=O)C1=CC(c2ncc(F)c(N3CCC[C@@H]3C(=O)NCC(F)(F)F)n2)CN1. The Morgan fingerprint density at radius 3 is 2.83 bits per heavy atom. The first kappa shape index (κ1) is 20.8. The number of anilines is 1. The van der Waals surface area contributed by atoms with Gasteiger partial charge in [0.05, 0.1) is 17.8 Å². The van der Waals surface area contributed by atoms with Crippen molar-refractivity contribution in [2.45, 2.75) is 31.0 Å². The molecule has 0 aromatic carbocycles. The van der Waals surface area contributed by atoms with E-state index in [-0.39, 0.29) is 36.4 Å². The van der Waals surface area contributed by atoms with Crippen LogP contribution in [0.3, 0.4) is 0 Å². The first-order valence-corrected chi connectivity index (χ1v) is 9.01. The smallest absolute Gasteiger partial charge is 0.380 e. The molecule has 3 N–H and O–H groups in total. The molecule has 1 saturated heterocycles. The largest absolute Gasteiger partial charge is 0.405 e. The first-order chi connectivity index (χ1) is 13.7. The average molecular weight is 416 g/mol. The van der Waals surface area contributed by atoms with Crippen LogP contribution in [0.2, 0.25) is 0 Å². The van der Waals surface area contributed by atoms with Crippen LogP contribution in [0.4, 0.5) is 23.4 Å². The number of halogens is 4. The fourth-order valence-electron chi connectivity index (χ4n) is 3.34. The maximum absolute atomic E-state index is 14.4. The Bertz CT molecular complexity index is 829. The zero-order chi connectivity index (χ0) is 21.2. The van der Waals surface area contributed by atoms with Crippen LogP contribution in [0.15, 0.2) is 18.0 Å². The summed E-state index contributed by atoms with van der Waals surface area (Å²) in [7, 11) is 1.49. The highest BCUT2D eigenvalue weighted by molar-refractivity contribution is 5.93. The number of hydrogen-bond donors (Lipinski definition) is 3. The predicted octanol–water partition coefficient (Wildman–Crippen LogP) is 0.580. The lowest BCUT2D eigenvalue weighted by Crippen LogP contribution is -2.46. The molecule has 0 saturated carbocycles. The van der Waals surface area contributed by atoms with E-state index >= 15 is 0 Å². The average Bonchev–Trinajstić information content (AvgIpc) is 3.35. The van der Waals surface area contributed by atoms with Crippen LogP contribution < -0.4 is 20.9 Å². The van der Waals surface area contributed by atoms with E-state index in [0.717, 1.165) is 6.20 Å². The van der Waals surface area contributed by atoms with Gasteiger partial charge in [-0.15, -0.1) is 0 Å². The zero-order valence-corrected chi connectivity index (χ0v) is 15.5. The highest BCUT2D eigenvalue weighted by Crippen LogP contribution is 2.29. The van der Waals surface area contributed by atoms with Gasteiger partial charge in [-0.1, -0.05) is 0 Å². The topological polar surface area (TPSA) is 99.2 Å². The van der Waals surface area contributed by atoms with Gasteiger partial charge in [-0.3, -0.25) is 9.59 Å². The van der Waals surface area contributed by atoms with Crippen molar-refractivity contribution in [2.24, 2.45) is 0 Å². The molecule has 2 aliphatic rings. The van der Waals surface area contributed by atoms with E-state index in [2.05, 4.69) is 20.6 Å². The Morgan fingerprint density at radius 2 is 2.14 bits per heavy atom. The maximum Gasteiger partial charge on any atom is 0.405 e. The van der Waals surface area contributed by atoms with Crippen molar-refractivity contribution < 1.29 is 27.2 Å². The number of rotatable bonds is 5. The van der Waals surface area contributed by atoms with Crippen molar-refractivity contribution in [3.63, 3.8) is 0 Å². The third-order valence-electron chi connectivity index (χ3n) is 4.72. The zero-order valence-electron chi connectivity index (χ0n) is 15.5. The number of carbonyl (C=O) groups is 2. The molecule has 0 radical (unpaired) electrons. The van der Waals surface area contributed by atoms with Gasteiger partial charge in [0.25, 0.3) is 5.91 Å². The summed E-state index contributed by atoms with van der Waals surface area (Å²) in [4.78, 5) is 33.4. The van der Waals surface area contributed by atoms with E-state index < -0.39 is 30.5 Å². The summed E-state index contributed by atoms with van der Waals surface area (Å²) < 4.78 is 51.5. The van der Waals surface area contributed by atoms with Gasteiger partial charge < -0.3 is 20.9 Å². The normalized spacial score (nSPS) is 21.6. The van der Waals surface area contributed by atoms with Gasteiger partial charge in [0.15, 0.2) is 11.6 Å². The first-order valence-electron chi connectivity index (χ1n) is 9.01. The van der Waals surface area contributed by atoms with E-state index in [1.807, 2.05) is 5.32 Å². The van der Waals surface area contributed by atoms with Crippen molar-refractivity contribution >= 4 is 17.6 Å². The molecule has 29 heavy (non-hydrogen) atoms. The van der Waals surface area contributed by atoms with Gasteiger partial charge in [0.1, 0.15) is 18.4 Å². The molecule has 3 rings (SSSR count). The monoisotopic (exact) mass is 416 g/mol. The number of nitrogens with zero attached hydrogens (tertiary/aromatic N) is 3. The van der Waals surface area contributed by atoms with Crippen molar-refractivity contribution in [1.82, 2.24) is 25.9 Å². The summed E-state index contributed by atoms with van der Waals surface area (Å²) in [6, 6.07) is -0.951. The molecule has 2 aliphatic heterocycles. The van der Waals surface area contributed by atoms with Gasteiger partial charge in [-0.25, -0.2) is 14.4 Å². The van der Waals surface area contributed by atoms with E-state index in [9.17, 15) is 27.2 Å². The summed E-state index contributed by atoms with van der Waals surface area (Å²) >= 11 is 0. The lowest BCUT2D eigenvalue weighted by Gasteiger charge is -2.26. The second-order valence-corrected chi connectivity index (χ2v) is 6.73. The van der Waals surface area contributed by atoms with E-state index in [4.69, 9.17) is 0 Å². The molecule has 1 fully saturated rings. The minimum Gasteiger partial charge on any atom is -0.380 e. The molecule has 1 aromatic rings. The van der Waals surface area contributed by atoms with Gasteiger partial charge in [-0.05, 0) is 18.9 Å². The van der Waals surface area contributed by atoms with Crippen LogP contribution in [0.25, 0.3) is 0 Å². The highest BCUT2D eigenvalue weighted by Gasteiger charge is 2.36. The molecule has 0 aliphatic carbocycles. The van der Waals surface area contributed by atoms with Crippen LogP contribution in [0.1, 0.15) is 24.6 Å². The number of likely N-dealkylation sites (N-methyl/N-ethyl adjacent to an activating group) is 1. The molecule has 1 aromatic heterocycles. The van der Waals surface area contributed by atoms with Crippen LogP contribution in [-0.2, 0) is 9.59 Å². The molecule has 12 heteroatoms. The lowest BCUT2D eigenvalue weighted by atomic mass is 10.1. The Hall–Kier alpha value is -2.92. The number of hydrogen-bond acceptors (Lipinski definition) is 6. The Morgan fingerprint density at radius 1 is 1.38 bits per heavy atom. The summed E-state index contributed by atoms with van der Waals surface area (Å²) in [5.74, 6) is -2.19. The molecule has 8 nitrogen and oxygen atoms in total. The Balaban J connectivity index is 1.80. The number of amides is 2. The summed E-state index contributed by atoms with van der Waals surface area (Å²) in [6.07, 6.45) is -1.15. The highest BCUT2D eigenvalue weighted by atomic mass is 19.4. The molecule has 1 unspecified atom stereocenters. The van der Waals surface area contributed by atoms with Crippen molar-refractivity contribution in [3.05, 3.63) is 29.6 Å². The molecule has 3 heterocycles. The molecule has 2 amide bonds. The second kappa shape index (κ2) is 8.21. The van der Waals surface area contributed by atoms with E-state index in [0.29, 0.717) is 18.7 Å². The lowest BCUT2D eigenvalue weighted by molar-refractivity contribution is -0.139. The fraction of sp³-hybridized carbons (Fsp3) is 0.529. The molecule has 0 bridgehead atoms. The Kier molecular flexibility index (Phi) is 5.89. The molecular formula is C17H20F4N6O2. The van der Waals surface area contributed by atoms with Crippen LogP contribution in [-0.4, -0.2) is 60.7 Å². The maximum atomic E-state index is 14.4. The van der Waals surface area contributed by atoms with Crippen molar-refractivity contribution in [3.8, 4) is 0 Å². The van der Waals surface area contributed by atoms with Crippen LogP contribution >= 0.6 is 0 Å². The fourth-order valence-corrected chi connectivity index (χ4v) is 3.34. The molecule has 2 atom stereocenters. The third kappa shape index (κ3) is 4.74. The van der Waals surface area contributed by atoms with E-state index in [1.165, 1.54) is 11.9 Å². The van der Waals surface area contributed by atoms with Crippen molar-refractivity contribution in [2.75, 3.05) is 31.6 Å². The summed E-state index contributed by atoms with van der Waals surface area (Å²) in [5.41, 5.74) is 0.345. The number of nitrogens with one attached hydrogen (secondary N) is 3. The van der Waals surface area contributed by atoms with Gasteiger partial charge in [0, 0.05) is 20.1 Å². The van der Waals surface area contributed by atoms with Crippen LogP contribution in [0, 0.1) is 5.82 Å². The van der Waals surface area contributed by atoms with E-state index in [1.54, 1.807) is 6.08 Å².